The molecule has 0 atom stereocenters. The van der Waals surface area contributed by atoms with E-state index in [4.69, 9.17) is 4.74 Å². The lowest BCUT2D eigenvalue weighted by Gasteiger charge is -2.25. The third-order valence-electron chi connectivity index (χ3n) is 4.42. The molecule has 0 spiro atoms. The van der Waals surface area contributed by atoms with Gasteiger partial charge in [0.1, 0.15) is 5.56 Å². The molecule has 1 aliphatic heterocycles. The van der Waals surface area contributed by atoms with Gasteiger partial charge in [-0.15, -0.1) is 0 Å². The van der Waals surface area contributed by atoms with Gasteiger partial charge in [0.2, 0.25) is 15.9 Å². The van der Waals surface area contributed by atoms with Crippen LogP contribution in [0.15, 0.2) is 41.4 Å². The molecule has 138 valence electrons. The minimum Gasteiger partial charge on any atom is -0.480 e. The maximum Gasteiger partial charge on any atom is 0.341 e. The molecule has 26 heavy (non-hydrogen) atoms. The van der Waals surface area contributed by atoms with Crippen LogP contribution in [0.2, 0.25) is 0 Å². The number of sulfonamides is 1. The van der Waals surface area contributed by atoms with E-state index in [1.54, 1.807) is 24.3 Å². The highest BCUT2D eigenvalue weighted by atomic mass is 32.2. The second kappa shape index (κ2) is 7.43. The summed E-state index contributed by atoms with van der Waals surface area (Å²) in [6, 6.07) is 7.87. The Bertz CT molecular complexity index is 904. The van der Waals surface area contributed by atoms with Gasteiger partial charge in [0.05, 0.1) is 12.0 Å². The van der Waals surface area contributed by atoms with Gasteiger partial charge in [0.25, 0.3) is 0 Å². The molecule has 1 aromatic heterocycles. The van der Waals surface area contributed by atoms with Crippen molar-refractivity contribution in [1.82, 2.24) is 9.29 Å². The molecule has 1 aliphatic rings. The fourth-order valence-corrected chi connectivity index (χ4v) is 4.52. The van der Waals surface area contributed by atoms with Crippen molar-refractivity contribution < 1.29 is 23.1 Å². The third kappa shape index (κ3) is 3.56. The summed E-state index contributed by atoms with van der Waals surface area (Å²) < 4.78 is 31.8. The summed E-state index contributed by atoms with van der Waals surface area (Å²) in [5, 5.41) is 9.26. The fourth-order valence-electron chi connectivity index (χ4n) is 3.00. The van der Waals surface area contributed by atoms with E-state index in [2.05, 4.69) is 4.98 Å². The average Bonchev–Trinajstić information content (AvgIpc) is 2.68. The van der Waals surface area contributed by atoms with Crippen LogP contribution in [0.3, 0.4) is 0 Å². The topological polar surface area (TPSA) is 96.8 Å². The number of methoxy groups -OCH3 is 1. The molecule has 1 aromatic carbocycles. The predicted octanol–water partition coefficient (Wildman–Crippen LogP) is 2.63. The first-order valence-corrected chi connectivity index (χ1v) is 9.75. The van der Waals surface area contributed by atoms with E-state index < -0.39 is 16.0 Å². The van der Waals surface area contributed by atoms with E-state index in [-0.39, 0.29) is 16.3 Å². The number of rotatable bonds is 5. The van der Waals surface area contributed by atoms with Gasteiger partial charge in [0.15, 0.2) is 0 Å². The zero-order valence-electron chi connectivity index (χ0n) is 14.4. The number of hydrogen-bond donors (Lipinski definition) is 1. The number of aromatic nitrogens is 1. The van der Waals surface area contributed by atoms with Crippen molar-refractivity contribution in [3.63, 3.8) is 0 Å². The smallest absolute Gasteiger partial charge is 0.341 e. The molecule has 1 N–H and O–H groups in total. The molecule has 2 aromatic rings. The highest BCUT2D eigenvalue weighted by Crippen LogP contribution is 2.27. The zero-order chi connectivity index (χ0) is 18.7. The second-order valence-electron chi connectivity index (χ2n) is 6.08. The molecule has 0 aliphatic carbocycles. The lowest BCUT2D eigenvalue weighted by atomic mass is 10.1. The average molecular weight is 376 g/mol. The van der Waals surface area contributed by atoms with Gasteiger partial charge in [-0.05, 0) is 36.6 Å². The Morgan fingerprint density at radius 3 is 2.35 bits per heavy atom. The first-order chi connectivity index (χ1) is 12.4. The summed E-state index contributed by atoms with van der Waals surface area (Å²) in [5.41, 5.74) is 1.21. The first kappa shape index (κ1) is 18.3. The van der Waals surface area contributed by atoms with Gasteiger partial charge in [-0.2, -0.15) is 4.31 Å². The van der Waals surface area contributed by atoms with Crippen molar-refractivity contribution >= 4 is 16.0 Å². The van der Waals surface area contributed by atoms with Crippen LogP contribution in [0.25, 0.3) is 11.1 Å². The molecule has 1 fully saturated rings. The lowest BCUT2D eigenvalue weighted by Crippen LogP contribution is -2.35. The van der Waals surface area contributed by atoms with Crippen LogP contribution >= 0.6 is 0 Å². The maximum atomic E-state index is 12.7. The minimum atomic E-state index is -3.49. The van der Waals surface area contributed by atoms with Gasteiger partial charge in [-0.25, -0.2) is 18.2 Å². The Labute approximate surface area is 152 Å². The van der Waals surface area contributed by atoms with Crippen LogP contribution in [-0.2, 0) is 10.0 Å². The number of aromatic carboxylic acids is 1. The molecular weight excluding hydrogens is 356 g/mol. The molecule has 1 saturated heterocycles. The standard InChI is InChI=1S/C18H20N2O5S/c1-25-17-16(18(21)22)11-14(12-19-17)13-5-7-15(8-6-13)26(23,24)20-9-3-2-4-10-20/h5-8,11-12H,2-4,9-10H2,1H3,(H,21,22). The quantitative estimate of drug-likeness (QED) is 0.862. The second-order valence-corrected chi connectivity index (χ2v) is 8.01. The predicted molar refractivity (Wildman–Crippen MR) is 95.8 cm³/mol. The van der Waals surface area contributed by atoms with Crippen LogP contribution in [0, 0.1) is 0 Å². The Kier molecular flexibility index (Phi) is 5.24. The zero-order valence-corrected chi connectivity index (χ0v) is 15.2. The Hall–Kier alpha value is -2.45. The van der Waals surface area contributed by atoms with E-state index >= 15 is 0 Å². The molecule has 0 amide bonds. The van der Waals surface area contributed by atoms with Crippen LogP contribution < -0.4 is 4.74 Å². The normalized spacial score (nSPS) is 15.6. The number of pyridine rings is 1. The highest BCUT2D eigenvalue weighted by molar-refractivity contribution is 7.89. The first-order valence-electron chi connectivity index (χ1n) is 8.31. The number of carboxylic acids is 1. The Balaban J connectivity index is 1.90. The number of piperidine rings is 1. The number of hydrogen-bond acceptors (Lipinski definition) is 5. The van der Waals surface area contributed by atoms with Gasteiger partial charge in [-0.1, -0.05) is 18.6 Å². The lowest BCUT2D eigenvalue weighted by molar-refractivity contribution is 0.0692. The van der Waals surface area contributed by atoms with Crippen molar-refractivity contribution in [2.24, 2.45) is 0 Å². The number of carbonyl (C=O) groups is 1. The van der Waals surface area contributed by atoms with Crippen molar-refractivity contribution in [2.45, 2.75) is 24.2 Å². The molecule has 2 heterocycles. The van der Waals surface area contributed by atoms with Gasteiger partial charge in [0, 0.05) is 24.8 Å². The number of ether oxygens (including phenoxy) is 1. The van der Waals surface area contributed by atoms with Crippen molar-refractivity contribution in [3.8, 4) is 17.0 Å². The van der Waals surface area contributed by atoms with E-state index in [1.165, 1.54) is 23.7 Å². The molecule has 7 nitrogen and oxygen atoms in total. The fraction of sp³-hybridized carbons (Fsp3) is 0.333. The molecule has 0 saturated carbocycles. The van der Waals surface area contributed by atoms with Crippen molar-refractivity contribution in [3.05, 3.63) is 42.1 Å². The third-order valence-corrected chi connectivity index (χ3v) is 6.33. The Morgan fingerprint density at radius 2 is 1.77 bits per heavy atom. The van der Waals surface area contributed by atoms with E-state index in [9.17, 15) is 18.3 Å². The summed E-state index contributed by atoms with van der Waals surface area (Å²) in [7, 11) is -2.13. The Morgan fingerprint density at radius 1 is 1.12 bits per heavy atom. The highest BCUT2D eigenvalue weighted by Gasteiger charge is 2.25. The van der Waals surface area contributed by atoms with Crippen molar-refractivity contribution in [1.29, 1.82) is 0 Å². The van der Waals surface area contributed by atoms with E-state index in [0.29, 0.717) is 24.2 Å². The largest absolute Gasteiger partial charge is 0.480 e. The SMILES string of the molecule is COc1ncc(-c2ccc(S(=O)(=O)N3CCCCC3)cc2)cc1C(=O)O. The molecule has 0 bridgehead atoms. The number of carboxylic acid groups (broad SMARTS) is 1. The molecule has 3 rings (SSSR count). The van der Waals surface area contributed by atoms with Gasteiger partial charge >= 0.3 is 5.97 Å². The van der Waals surface area contributed by atoms with E-state index in [0.717, 1.165) is 19.3 Å². The van der Waals surface area contributed by atoms with Crippen LogP contribution in [0.1, 0.15) is 29.6 Å². The molecule has 0 radical (unpaired) electrons. The minimum absolute atomic E-state index is 0.0329. The molecule has 0 unspecified atom stereocenters. The van der Waals surface area contributed by atoms with Gasteiger partial charge < -0.3 is 9.84 Å². The van der Waals surface area contributed by atoms with Crippen LogP contribution in [-0.4, -0.2) is 49.0 Å². The summed E-state index contributed by atoms with van der Waals surface area (Å²) in [5.74, 6) is -1.11. The van der Waals surface area contributed by atoms with E-state index in [1.807, 2.05) is 0 Å². The molecular formula is C18H20N2O5S. The summed E-state index contributed by atoms with van der Waals surface area (Å²) in [6.45, 7) is 1.10. The number of nitrogens with zero attached hydrogens (tertiary/aromatic N) is 2. The number of benzene rings is 1. The van der Waals surface area contributed by atoms with Gasteiger partial charge in [-0.3, -0.25) is 0 Å². The van der Waals surface area contributed by atoms with Crippen LogP contribution in [0.4, 0.5) is 0 Å². The summed E-state index contributed by atoms with van der Waals surface area (Å²) in [6.07, 6.45) is 4.32. The molecule has 8 heteroatoms. The monoisotopic (exact) mass is 376 g/mol. The van der Waals surface area contributed by atoms with Crippen LogP contribution in [0.5, 0.6) is 5.88 Å². The maximum absolute atomic E-state index is 12.7. The summed E-state index contributed by atoms with van der Waals surface area (Å²) in [4.78, 5) is 15.6. The summed E-state index contributed by atoms with van der Waals surface area (Å²) >= 11 is 0. The van der Waals surface area contributed by atoms with Crippen molar-refractivity contribution in [2.75, 3.05) is 20.2 Å².